The molecule has 2 N–H and O–H groups in total. The van der Waals surface area contributed by atoms with Crippen LogP contribution < -0.4 is 10.0 Å². The van der Waals surface area contributed by atoms with E-state index in [1.54, 1.807) is 17.1 Å². The maximum atomic E-state index is 11.9. The number of sulfonamides is 1. The molecule has 0 spiro atoms. The Labute approximate surface area is 108 Å². The first kappa shape index (κ1) is 13.4. The van der Waals surface area contributed by atoms with Crippen LogP contribution in [-0.4, -0.2) is 36.5 Å². The summed E-state index contributed by atoms with van der Waals surface area (Å²) in [7, 11) is -3.30. The predicted octanol–water partition coefficient (Wildman–Crippen LogP) is 0.958. The summed E-state index contributed by atoms with van der Waals surface area (Å²) in [5.74, 6) is 0.125. The molecule has 18 heavy (non-hydrogen) atoms. The first-order chi connectivity index (χ1) is 8.46. The molecule has 1 aromatic heterocycles. The number of rotatable bonds is 5. The zero-order valence-corrected chi connectivity index (χ0v) is 11.6. The zero-order chi connectivity index (χ0) is 13.2. The van der Waals surface area contributed by atoms with E-state index in [0.29, 0.717) is 5.69 Å². The van der Waals surface area contributed by atoms with Gasteiger partial charge in [-0.25, -0.2) is 8.42 Å². The quantitative estimate of drug-likeness (QED) is 0.837. The molecular formula is C11H20N4O2S. The van der Waals surface area contributed by atoms with Crippen LogP contribution in [0.3, 0.4) is 0 Å². The molecule has 0 saturated carbocycles. The molecule has 0 amide bonds. The molecule has 1 aliphatic rings. The smallest absolute Gasteiger partial charge is 0.234 e. The van der Waals surface area contributed by atoms with Crippen molar-refractivity contribution in [3.05, 3.63) is 12.4 Å². The standard InChI is InChI=1S/C11H20N4O2S/c1-9(2)15-7-11(6-13-15)14-18(16,17)8-10-4-3-5-12-10/h6-7,9-10,12,14H,3-5,8H2,1-2H3. The minimum atomic E-state index is -3.30. The average molecular weight is 272 g/mol. The van der Waals surface area contributed by atoms with Crippen LogP contribution in [0.15, 0.2) is 12.4 Å². The topological polar surface area (TPSA) is 76.0 Å². The van der Waals surface area contributed by atoms with Gasteiger partial charge in [-0.05, 0) is 33.2 Å². The summed E-state index contributed by atoms with van der Waals surface area (Å²) < 4.78 is 28.2. The highest BCUT2D eigenvalue weighted by Crippen LogP contribution is 2.14. The van der Waals surface area contributed by atoms with Crippen molar-refractivity contribution >= 4 is 15.7 Å². The lowest BCUT2D eigenvalue weighted by molar-refractivity contribution is 0.532. The van der Waals surface area contributed by atoms with Crippen LogP contribution >= 0.6 is 0 Å². The maximum Gasteiger partial charge on any atom is 0.234 e. The minimum absolute atomic E-state index is 0.0719. The van der Waals surface area contributed by atoms with Crippen LogP contribution in [0, 0.1) is 0 Å². The summed E-state index contributed by atoms with van der Waals surface area (Å²) in [6, 6.07) is 0.294. The van der Waals surface area contributed by atoms with Gasteiger partial charge >= 0.3 is 0 Å². The minimum Gasteiger partial charge on any atom is -0.313 e. The highest BCUT2D eigenvalue weighted by Gasteiger charge is 2.22. The Bertz CT molecular complexity index is 489. The van der Waals surface area contributed by atoms with Crippen molar-refractivity contribution in [2.75, 3.05) is 17.0 Å². The van der Waals surface area contributed by atoms with Crippen LogP contribution in [0.25, 0.3) is 0 Å². The van der Waals surface area contributed by atoms with Gasteiger partial charge in [-0.3, -0.25) is 9.40 Å². The van der Waals surface area contributed by atoms with Crippen LogP contribution in [0.1, 0.15) is 32.7 Å². The second-order valence-electron chi connectivity index (χ2n) is 4.98. The zero-order valence-electron chi connectivity index (χ0n) is 10.8. The van der Waals surface area contributed by atoms with Crippen molar-refractivity contribution in [1.29, 1.82) is 0 Å². The fraction of sp³-hybridized carbons (Fsp3) is 0.727. The Morgan fingerprint density at radius 3 is 2.94 bits per heavy atom. The van der Waals surface area contributed by atoms with E-state index in [1.807, 2.05) is 13.8 Å². The van der Waals surface area contributed by atoms with E-state index in [0.717, 1.165) is 19.4 Å². The van der Waals surface area contributed by atoms with Gasteiger partial charge in [0, 0.05) is 18.3 Å². The summed E-state index contributed by atoms with van der Waals surface area (Å²) in [6.45, 7) is 4.90. The van der Waals surface area contributed by atoms with Crippen molar-refractivity contribution in [1.82, 2.24) is 15.1 Å². The lowest BCUT2D eigenvalue weighted by atomic mass is 10.3. The number of hydrogen-bond donors (Lipinski definition) is 2. The monoisotopic (exact) mass is 272 g/mol. The van der Waals surface area contributed by atoms with Gasteiger partial charge in [0.15, 0.2) is 0 Å². The van der Waals surface area contributed by atoms with Crippen molar-refractivity contribution in [2.24, 2.45) is 0 Å². The van der Waals surface area contributed by atoms with Gasteiger partial charge in [-0.15, -0.1) is 0 Å². The SMILES string of the molecule is CC(C)n1cc(NS(=O)(=O)CC2CCCN2)cn1. The molecule has 2 rings (SSSR count). The van der Waals surface area contributed by atoms with Crippen LogP contribution in [-0.2, 0) is 10.0 Å². The van der Waals surface area contributed by atoms with Gasteiger partial charge in [0.2, 0.25) is 10.0 Å². The third kappa shape index (κ3) is 3.46. The number of nitrogens with one attached hydrogen (secondary N) is 2. The van der Waals surface area contributed by atoms with Crippen molar-refractivity contribution < 1.29 is 8.42 Å². The third-order valence-corrected chi connectivity index (χ3v) is 4.37. The lowest BCUT2D eigenvalue weighted by Gasteiger charge is -2.11. The molecule has 7 heteroatoms. The van der Waals surface area contributed by atoms with E-state index in [1.165, 1.54) is 0 Å². The van der Waals surface area contributed by atoms with Crippen molar-refractivity contribution in [2.45, 2.75) is 38.8 Å². The second-order valence-corrected chi connectivity index (χ2v) is 6.75. The van der Waals surface area contributed by atoms with E-state index in [-0.39, 0.29) is 17.8 Å². The fourth-order valence-corrected chi connectivity index (χ4v) is 3.42. The van der Waals surface area contributed by atoms with Crippen LogP contribution in [0.2, 0.25) is 0 Å². The molecule has 0 radical (unpaired) electrons. The molecule has 6 nitrogen and oxygen atoms in total. The van der Waals surface area contributed by atoms with Gasteiger partial charge < -0.3 is 5.32 Å². The molecule has 1 atom stereocenters. The van der Waals surface area contributed by atoms with E-state index in [2.05, 4.69) is 15.1 Å². The Morgan fingerprint density at radius 1 is 1.61 bits per heavy atom. The van der Waals surface area contributed by atoms with Crippen LogP contribution in [0.4, 0.5) is 5.69 Å². The highest BCUT2D eigenvalue weighted by atomic mass is 32.2. The summed E-state index contributed by atoms with van der Waals surface area (Å²) >= 11 is 0. The fourth-order valence-electron chi connectivity index (χ4n) is 2.06. The van der Waals surface area contributed by atoms with E-state index in [4.69, 9.17) is 0 Å². The molecule has 2 heterocycles. The summed E-state index contributed by atoms with van der Waals surface area (Å²) in [4.78, 5) is 0. The van der Waals surface area contributed by atoms with Gasteiger partial charge in [0.25, 0.3) is 0 Å². The molecule has 102 valence electrons. The first-order valence-corrected chi connectivity index (χ1v) is 7.89. The van der Waals surface area contributed by atoms with Gasteiger partial charge in [-0.1, -0.05) is 0 Å². The summed E-state index contributed by atoms with van der Waals surface area (Å²) in [5, 5.41) is 7.29. The average Bonchev–Trinajstić information content (AvgIpc) is 2.87. The molecule has 1 unspecified atom stereocenters. The van der Waals surface area contributed by atoms with E-state index in [9.17, 15) is 8.42 Å². The Hall–Kier alpha value is -1.08. The van der Waals surface area contributed by atoms with Gasteiger partial charge in [0.1, 0.15) is 0 Å². The molecule has 1 aromatic rings. The second kappa shape index (κ2) is 5.27. The highest BCUT2D eigenvalue weighted by molar-refractivity contribution is 7.92. The Balaban J connectivity index is 1.97. The number of anilines is 1. The normalized spacial score (nSPS) is 20.5. The number of hydrogen-bond acceptors (Lipinski definition) is 4. The molecule has 1 fully saturated rings. The largest absolute Gasteiger partial charge is 0.313 e. The molecule has 0 aromatic carbocycles. The number of aromatic nitrogens is 2. The van der Waals surface area contributed by atoms with Crippen molar-refractivity contribution in [3.8, 4) is 0 Å². The number of nitrogens with zero attached hydrogens (tertiary/aromatic N) is 2. The van der Waals surface area contributed by atoms with Gasteiger partial charge in [0.05, 0.1) is 17.6 Å². The Kier molecular flexibility index (Phi) is 3.91. The maximum absolute atomic E-state index is 11.9. The van der Waals surface area contributed by atoms with Gasteiger partial charge in [-0.2, -0.15) is 5.10 Å². The Morgan fingerprint density at radius 2 is 2.39 bits per heavy atom. The molecule has 0 bridgehead atoms. The molecule has 1 aliphatic heterocycles. The molecule has 0 aliphatic carbocycles. The van der Waals surface area contributed by atoms with E-state index >= 15 is 0 Å². The molecule has 1 saturated heterocycles. The third-order valence-electron chi connectivity index (χ3n) is 2.99. The summed E-state index contributed by atoms with van der Waals surface area (Å²) in [5.41, 5.74) is 0.529. The van der Waals surface area contributed by atoms with Crippen LogP contribution in [0.5, 0.6) is 0 Å². The summed E-state index contributed by atoms with van der Waals surface area (Å²) in [6.07, 6.45) is 5.22. The lowest BCUT2D eigenvalue weighted by Crippen LogP contribution is -2.32. The van der Waals surface area contributed by atoms with E-state index < -0.39 is 10.0 Å². The predicted molar refractivity (Wildman–Crippen MR) is 71.0 cm³/mol. The molecular weight excluding hydrogens is 252 g/mol. The first-order valence-electron chi connectivity index (χ1n) is 6.24. The van der Waals surface area contributed by atoms with Crippen molar-refractivity contribution in [3.63, 3.8) is 0 Å².